The molecule has 136 valence electrons. The molecule has 0 saturated carbocycles. The quantitative estimate of drug-likeness (QED) is 0.293. The molecule has 0 unspecified atom stereocenters. The standard InChI is InChI=1S/C19H15N3O4S/c1-2-26-18(23)17-16(11-12-7-9-13(10-8-12)22(24)25)21-15-6-4-3-5-14(15)20-19(21)27-17/h3-10H,2,11H2,1H3. The number of carbonyl (C=O) groups is 1. The Labute approximate surface area is 158 Å². The second kappa shape index (κ2) is 6.81. The molecule has 0 aliphatic heterocycles. The van der Waals surface area contributed by atoms with E-state index < -0.39 is 4.92 Å². The molecule has 2 heterocycles. The van der Waals surface area contributed by atoms with Crippen molar-refractivity contribution in [2.75, 3.05) is 6.61 Å². The van der Waals surface area contributed by atoms with Crippen molar-refractivity contribution in [3.8, 4) is 0 Å². The van der Waals surface area contributed by atoms with Gasteiger partial charge < -0.3 is 4.74 Å². The first-order chi connectivity index (χ1) is 13.1. The monoisotopic (exact) mass is 381 g/mol. The second-order valence-corrected chi connectivity index (χ2v) is 6.89. The molecular weight excluding hydrogens is 366 g/mol. The van der Waals surface area contributed by atoms with Crippen LogP contribution in [0.5, 0.6) is 0 Å². The Morgan fingerprint density at radius 3 is 2.67 bits per heavy atom. The molecule has 0 N–H and O–H groups in total. The van der Waals surface area contributed by atoms with Gasteiger partial charge in [-0.05, 0) is 24.6 Å². The minimum absolute atomic E-state index is 0.0351. The number of nitrogens with zero attached hydrogens (tertiary/aromatic N) is 3. The fraction of sp³-hybridized carbons (Fsp3) is 0.158. The number of para-hydroxylation sites is 2. The van der Waals surface area contributed by atoms with Gasteiger partial charge in [0, 0.05) is 18.6 Å². The second-order valence-electron chi connectivity index (χ2n) is 5.92. The molecule has 2 aromatic heterocycles. The van der Waals surface area contributed by atoms with Crippen molar-refractivity contribution in [1.82, 2.24) is 9.38 Å². The summed E-state index contributed by atoms with van der Waals surface area (Å²) in [4.78, 5) is 28.7. The minimum atomic E-state index is -0.431. The van der Waals surface area contributed by atoms with Crippen LogP contribution in [-0.4, -0.2) is 26.9 Å². The first-order valence-electron chi connectivity index (χ1n) is 8.37. The highest BCUT2D eigenvalue weighted by Crippen LogP contribution is 2.30. The summed E-state index contributed by atoms with van der Waals surface area (Å²) >= 11 is 1.29. The van der Waals surface area contributed by atoms with Gasteiger partial charge in [0.25, 0.3) is 5.69 Å². The van der Waals surface area contributed by atoms with E-state index in [0.717, 1.165) is 27.3 Å². The van der Waals surface area contributed by atoms with Crippen LogP contribution < -0.4 is 0 Å². The van der Waals surface area contributed by atoms with E-state index in [-0.39, 0.29) is 18.3 Å². The van der Waals surface area contributed by atoms with Gasteiger partial charge in [-0.1, -0.05) is 35.6 Å². The predicted octanol–water partition coefficient (Wildman–Crippen LogP) is 4.22. The number of hydrogen-bond acceptors (Lipinski definition) is 6. The molecule has 0 radical (unpaired) electrons. The maximum absolute atomic E-state index is 12.5. The molecule has 0 aliphatic carbocycles. The van der Waals surface area contributed by atoms with Crippen LogP contribution in [0.1, 0.15) is 27.9 Å². The number of rotatable bonds is 5. The van der Waals surface area contributed by atoms with Crippen LogP contribution >= 0.6 is 11.3 Å². The third kappa shape index (κ3) is 3.04. The Hall–Kier alpha value is -3.26. The minimum Gasteiger partial charge on any atom is -0.462 e. The lowest BCUT2D eigenvalue weighted by Gasteiger charge is -2.06. The molecule has 4 rings (SSSR count). The topological polar surface area (TPSA) is 86.7 Å². The summed E-state index contributed by atoms with van der Waals surface area (Å²) in [5.74, 6) is -0.381. The summed E-state index contributed by atoms with van der Waals surface area (Å²) in [7, 11) is 0. The van der Waals surface area contributed by atoms with Crippen molar-refractivity contribution in [2.24, 2.45) is 0 Å². The molecule has 0 aliphatic rings. The van der Waals surface area contributed by atoms with Crippen LogP contribution in [-0.2, 0) is 11.2 Å². The lowest BCUT2D eigenvalue weighted by atomic mass is 10.1. The number of hydrogen-bond donors (Lipinski definition) is 0. The number of nitro benzene ring substituents is 1. The molecule has 2 aromatic carbocycles. The number of carbonyl (C=O) groups excluding carboxylic acids is 1. The van der Waals surface area contributed by atoms with Crippen molar-refractivity contribution < 1.29 is 14.5 Å². The van der Waals surface area contributed by atoms with Crippen LogP contribution in [0.2, 0.25) is 0 Å². The highest BCUT2D eigenvalue weighted by molar-refractivity contribution is 7.19. The Kier molecular flexibility index (Phi) is 4.33. The van der Waals surface area contributed by atoms with Gasteiger partial charge in [-0.25, -0.2) is 9.78 Å². The Morgan fingerprint density at radius 1 is 1.22 bits per heavy atom. The van der Waals surface area contributed by atoms with E-state index in [9.17, 15) is 14.9 Å². The number of non-ortho nitro benzene ring substituents is 1. The van der Waals surface area contributed by atoms with Crippen LogP contribution in [0, 0.1) is 10.1 Å². The van der Waals surface area contributed by atoms with E-state index >= 15 is 0 Å². The first kappa shape index (κ1) is 17.2. The maximum Gasteiger partial charge on any atom is 0.350 e. The molecule has 4 aromatic rings. The number of ether oxygens (including phenoxy) is 1. The van der Waals surface area contributed by atoms with Crippen LogP contribution in [0.25, 0.3) is 16.0 Å². The third-order valence-corrected chi connectivity index (χ3v) is 5.30. The van der Waals surface area contributed by atoms with E-state index in [1.807, 2.05) is 28.7 Å². The predicted molar refractivity (Wildman–Crippen MR) is 102 cm³/mol. The molecule has 0 saturated heterocycles. The summed E-state index contributed by atoms with van der Waals surface area (Å²) in [5.41, 5.74) is 3.44. The van der Waals surface area contributed by atoms with Gasteiger partial charge in [-0.15, -0.1) is 0 Å². The average Bonchev–Trinajstić information content (AvgIpc) is 3.19. The van der Waals surface area contributed by atoms with Crippen LogP contribution in [0.4, 0.5) is 5.69 Å². The fourth-order valence-corrected chi connectivity index (χ4v) is 4.08. The SMILES string of the molecule is CCOC(=O)c1sc2nc3ccccc3n2c1Cc1ccc([N+](=O)[O-])cc1. The first-order valence-corrected chi connectivity index (χ1v) is 9.19. The van der Waals surface area contributed by atoms with E-state index in [1.54, 1.807) is 19.1 Å². The van der Waals surface area contributed by atoms with Crippen molar-refractivity contribution in [2.45, 2.75) is 13.3 Å². The van der Waals surface area contributed by atoms with E-state index in [2.05, 4.69) is 4.98 Å². The Balaban J connectivity index is 1.85. The summed E-state index contributed by atoms with van der Waals surface area (Å²) < 4.78 is 7.17. The molecule has 7 nitrogen and oxygen atoms in total. The zero-order valence-corrected chi connectivity index (χ0v) is 15.2. The van der Waals surface area contributed by atoms with Gasteiger partial charge in [-0.2, -0.15) is 0 Å². The molecular formula is C19H15N3O4S. The van der Waals surface area contributed by atoms with Gasteiger partial charge in [-0.3, -0.25) is 14.5 Å². The third-order valence-electron chi connectivity index (χ3n) is 4.23. The van der Waals surface area contributed by atoms with Crippen LogP contribution in [0.15, 0.2) is 48.5 Å². The molecule has 0 fully saturated rings. The normalized spacial score (nSPS) is 11.1. The molecule has 0 atom stereocenters. The molecule has 0 bridgehead atoms. The number of esters is 1. The number of benzene rings is 2. The van der Waals surface area contributed by atoms with E-state index in [1.165, 1.54) is 23.5 Å². The fourth-order valence-electron chi connectivity index (χ4n) is 3.03. The Bertz CT molecular complexity index is 1160. The summed E-state index contributed by atoms with van der Waals surface area (Å²) in [6.07, 6.45) is 0.437. The number of nitro groups is 1. The van der Waals surface area contributed by atoms with E-state index in [0.29, 0.717) is 11.3 Å². The maximum atomic E-state index is 12.5. The van der Waals surface area contributed by atoms with Crippen LogP contribution in [0.3, 0.4) is 0 Å². The van der Waals surface area contributed by atoms with E-state index in [4.69, 9.17) is 4.74 Å². The van der Waals surface area contributed by atoms with Crippen molar-refractivity contribution in [1.29, 1.82) is 0 Å². The average molecular weight is 381 g/mol. The lowest BCUT2D eigenvalue weighted by molar-refractivity contribution is -0.384. The van der Waals surface area contributed by atoms with Crippen molar-refractivity contribution in [3.05, 3.63) is 74.8 Å². The van der Waals surface area contributed by atoms with Gasteiger partial charge >= 0.3 is 5.97 Å². The zero-order valence-electron chi connectivity index (χ0n) is 14.4. The Morgan fingerprint density at radius 2 is 1.96 bits per heavy atom. The van der Waals surface area contributed by atoms with Gasteiger partial charge in [0.15, 0.2) is 4.96 Å². The van der Waals surface area contributed by atoms with Crippen molar-refractivity contribution in [3.63, 3.8) is 0 Å². The zero-order chi connectivity index (χ0) is 19.0. The smallest absolute Gasteiger partial charge is 0.350 e. The summed E-state index contributed by atoms with van der Waals surface area (Å²) in [5, 5.41) is 10.9. The van der Waals surface area contributed by atoms with Gasteiger partial charge in [0.05, 0.1) is 28.3 Å². The number of aromatic nitrogens is 2. The molecule has 8 heteroatoms. The molecule has 0 amide bonds. The number of thiazole rings is 1. The summed E-state index contributed by atoms with van der Waals surface area (Å²) in [6, 6.07) is 14.1. The highest BCUT2D eigenvalue weighted by atomic mass is 32.1. The van der Waals surface area contributed by atoms with Crippen molar-refractivity contribution >= 4 is 39.0 Å². The van der Waals surface area contributed by atoms with Gasteiger partial charge in [0.1, 0.15) is 4.88 Å². The van der Waals surface area contributed by atoms with Gasteiger partial charge in [0.2, 0.25) is 0 Å². The molecule has 27 heavy (non-hydrogen) atoms. The number of fused-ring (bicyclic) bond motifs is 3. The largest absolute Gasteiger partial charge is 0.462 e. The number of imidazole rings is 1. The summed E-state index contributed by atoms with van der Waals surface area (Å²) in [6.45, 7) is 2.05. The highest BCUT2D eigenvalue weighted by Gasteiger charge is 2.23. The molecule has 0 spiro atoms. The lowest BCUT2D eigenvalue weighted by Crippen LogP contribution is -2.07.